The molecule has 1 N–H and O–H groups in total. The van der Waals surface area contributed by atoms with E-state index in [1.54, 1.807) is 30.3 Å². The first kappa shape index (κ1) is 20.4. The number of fused-ring (bicyclic) bond motifs is 1. The number of carbonyl (C=O) groups is 3. The average molecular weight is 418 g/mol. The number of amides is 2. The third kappa shape index (κ3) is 4.66. The maximum Gasteiger partial charge on any atom is 0.287 e. The second kappa shape index (κ2) is 8.87. The predicted octanol–water partition coefficient (Wildman–Crippen LogP) is 3.38. The number of nitrogens with one attached hydrogen (secondary N) is 1. The van der Waals surface area contributed by atoms with Crippen LogP contribution in [0.3, 0.4) is 0 Å². The summed E-state index contributed by atoms with van der Waals surface area (Å²) in [6, 6.07) is 18.1. The first-order chi connectivity index (χ1) is 15.0. The monoisotopic (exact) mass is 418 g/mol. The number of rotatable bonds is 7. The van der Waals surface area contributed by atoms with Gasteiger partial charge in [-0.3, -0.25) is 19.3 Å². The molecule has 2 amide bonds. The van der Waals surface area contributed by atoms with Gasteiger partial charge in [-0.15, -0.1) is 0 Å². The number of anilines is 1. The van der Waals surface area contributed by atoms with E-state index in [2.05, 4.69) is 5.32 Å². The normalized spacial score (nSPS) is 12.8. The third-order valence-electron chi connectivity index (χ3n) is 5.05. The molecule has 31 heavy (non-hydrogen) atoms. The molecule has 158 valence electrons. The fourth-order valence-electron chi connectivity index (χ4n) is 3.39. The number of carbonyl (C=O) groups excluding carboxylic acids is 3. The van der Waals surface area contributed by atoms with Gasteiger partial charge in [-0.2, -0.15) is 0 Å². The summed E-state index contributed by atoms with van der Waals surface area (Å²) in [6.45, 7) is 1.99. The predicted molar refractivity (Wildman–Crippen MR) is 114 cm³/mol. The van der Waals surface area contributed by atoms with E-state index < -0.39 is 0 Å². The Morgan fingerprint density at radius 3 is 2.65 bits per heavy atom. The van der Waals surface area contributed by atoms with Gasteiger partial charge in [0, 0.05) is 12.1 Å². The molecule has 0 fully saturated rings. The quantitative estimate of drug-likeness (QED) is 0.594. The molecule has 2 heterocycles. The minimum absolute atomic E-state index is 0.0973. The largest absolute Gasteiger partial charge is 0.482 e. The standard InChI is InChI=1S/C24H22N2O5/c1-16(27)18-7-9-21-20(13-18)26(23(28)15-30-21)14-19-8-10-22(31-19)24(29)25-12-11-17-5-3-2-4-6-17/h2-10,13H,11-12,14-15H2,1H3,(H,25,29). The fraction of sp³-hybridized carbons (Fsp3) is 0.208. The number of hydrogen-bond acceptors (Lipinski definition) is 5. The van der Waals surface area contributed by atoms with Crippen molar-refractivity contribution in [2.45, 2.75) is 19.9 Å². The Morgan fingerprint density at radius 1 is 1.06 bits per heavy atom. The van der Waals surface area contributed by atoms with Crippen LogP contribution in [-0.4, -0.2) is 30.7 Å². The Kier molecular flexibility index (Phi) is 5.84. The molecule has 2 aromatic carbocycles. The maximum absolute atomic E-state index is 12.5. The molecule has 0 spiro atoms. The van der Waals surface area contributed by atoms with E-state index in [0.29, 0.717) is 29.3 Å². The molecule has 1 aliphatic heterocycles. The number of hydrogen-bond donors (Lipinski definition) is 1. The van der Waals surface area contributed by atoms with Gasteiger partial charge in [0.2, 0.25) is 0 Å². The smallest absolute Gasteiger partial charge is 0.287 e. The lowest BCUT2D eigenvalue weighted by molar-refractivity contribution is -0.121. The molecule has 3 aromatic rings. The molecule has 0 aliphatic carbocycles. The van der Waals surface area contributed by atoms with Crippen molar-refractivity contribution in [3.8, 4) is 5.75 Å². The Hall–Kier alpha value is -3.87. The van der Waals surface area contributed by atoms with Crippen LogP contribution in [-0.2, 0) is 17.8 Å². The van der Waals surface area contributed by atoms with Crippen LogP contribution in [0.15, 0.2) is 65.1 Å². The fourth-order valence-corrected chi connectivity index (χ4v) is 3.39. The van der Waals surface area contributed by atoms with Crippen molar-refractivity contribution < 1.29 is 23.5 Å². The summed E-state index contributed by atoms with van der Waals surface area (Å²) in [4.78, 5) is 38.1. The molecule has 0 atom stereocenters. The minimum Gasteiger partial charge on any atom is -0.482 e. The average Bonchev–Trinajstić information content (AvgIpc) is 3.25. The van der Waals surface area contributed by atoms with Crippen LogP contribution < -0.4 is 15.0 Å². The summed E-state index contributed by atoms with van der Waals surface area (Å²) >= 11 is 0. The topological polar surface area (TPSA) is 88.9 Å². The van der Waals surface area contributed by atoms with Crippen LogP contribution in [0.2, 0.25) is 0 Å². The first-order valence-electron chi connectivity index (χ1n) is 10.0. The van der Waals surface area contributed by atoms with E-state index in [1.807, 2.05) is 30.3 Å². The van der Waals surface area contributed by atoms with Gasteiger partial charge in [-0.1, -0.05) is 30.3 Å². The zero-order valence-electron chi connectivity index (χ0n) is 17.1. The van der Waals surface area contributed by atoms with Crippen molar-refractivity contribution in [1.82, 2.24) is 5.32 Å². The summed E-state index contributed by atoms with van der Waals surface area (Å²) < 4.78 is 11.1. The molecule has 0 saturated heterocycles. The van der Waals surface area contributed by atoms with Gasteiger partial charge in [-0.25, -0.2) is 0 Å². The van der Waals surface area contributed by atoms with Gasteiger partial charge >= 0.3 is 0 Å². The molecular formula is C24H22N2O5. The van der Waals surface area contributed by atoms with Crippen LogP contribution in [0.5, 0.6) is 5.75 Å². The lowest BCUT2D eigenvalue weighted by atomic mass is 10.1. The van der Waals surface area contributed by atoms with Crippen LogP contribution >= 0.6 is 0 Å². The van der Waals surface area contributed by atoms with Crippen molar-refractivity contribution in [1.29, 1.82) is 0 Å². The van der Waals surface area contributed by atoms with Gasteiger partial charge in [-0.05, 0) is 49.2 Å². The summed E-state index contributed by atoms with van der Waals surface area (Å²) in [7, 11) is 0. The highest BCUT2D eigenvalue weighted by atomic mass is 16.5. The van der Waals surface area contributed by atoms with Crippen LogP contribution in [0.4, 0.5) is 5.69 Å². The van der Waals surface area contributed by atoms with Crippen molar-refractivity contribution in [2.24, 2.45) is 0 Å². The molecule has 4 rings (SSSR count). The summed E-state index contributed by atoms with van der Waals surface area (Å²) in [5.74, 6) is 0.501. The lowest BCUT2D eigenvalue weighted by Gasteiger charge is -2.29. The second-order valence-corrected chi connectivity index (χ2v) is 7.26. The van der Waals surface area contributed by atoms with Crippen LogP contribution in [0.1, 0.15) is 39.2 Å². The van der Waals surface area contributed by atoms with Crippen molar-refractivity contribution in [3.63, 3.8) is 0 Å². The highest BCUT2D eigenvalue weighted by Crippen LogP contribution is 2.34. The molecular weight excluding hydrogens is 396 g/mol. The van der Waals surface area contributed by atoms with E-state index in [4.69, 9.17) is 9.15 Å². The van der Waals surface area contributed by atoms with Crippen LogP contribution in [0, 0.1) is 0 Å². The molecule has 7 heteroatoms. The van der Waals surface area contributed by atoms with Gasteiger partial charge in [0.05, 0.1) is 12.2 Å². The highest BCUT2D eigenvalue weighted by molar-refractivity contribution is 6.01. The number of ketones is 1. The Bertz CT molecular complexity index is 1120. The van der Waals surface area contributed by atoms with E-state index in [-0.39, 0.29) is 36.5 Å². The van der Waals surface area contributed by atoms with E-state index in [0.717, 1.165) is 12.0 Å². The summed E-state index contributed by atoms with van der Waals surface area (Å²) in [5.41, 5.74) is 2.13. The number of ether oxygens (including phenoxy) is 1. The zero-order valence-corrected chi connectivity index (χ0v) is 17.1. The second-order valence-electron chi connectivity index (χ2n) is 7.26. The van der Waals surface area contributed by atoms with Crippen molar-refractivity contribution in [3.05, 3.63) is 83.3 Å². The molecule has 0 unspecified atom stereocenters. The molecule has 1 aliphatic rings. The highest BCUT2D eigenvalue weighted by Gasteiger charge is 2.27. The Balaban J connectivity index is 1.43. The third-order valence-corrected chi connectivity index (χ3v) is 5.05. The minimum atomic E-state index is -0.310. The van der Waals surface area contributed by atoms with Crippen molar-refractivity contribution in [2.75, 3.05) is 18.1 Å². The van der Waals surface area contributed by atoms with E-state index in [9.17, 15) is 14.4 Å². The summed E-state index contributed by atoms with van der Waals surface area (Å²) in [5, 5.41) is 2.84. The number of nitrogens with zero attached hydrogens (tertiary/aromatic N) is 1. The number of furan rings is 1. The number of Topliss-reactive ketones (excluding diaryl/α,β-unsaturated/α-hetero) is 1. The van der Waals surface area contributed by atoms with Gasteiger partial charge in [0.25, 0.3) is 11.8 Å². The Morgan fingerprint density at radius 2 is 1.87 bits per heavy atom. The van der Waals surface area contributed by atoms with Gasteiger partial charge in [0.1, 0.15) is 11.5 Å². The first-order valence-corrected chi connectivity index (χ1v) is 10.0. The summed E-state index contributed by atoms with van der Waals surface area (Å²) in [6.07, 6.45) is 0.720. The van der Waals surface area contributed by atoms with Gasteiger partial charge < -0.3 is 14.5 Å². The number of benzene rings is 2. The lowest BCUT2D eigenvalue weighted by Crippen LogP contribution is -2.38. The molecule has 0 bridgehead atoms. The molecule has 7 nitrogen and oxygen atoms in total. The zero-order chi connectivity index (χ0) is 21.8. The molecule has 0 radical (unpaired) electrons. The molecule has 1 aromatic heterocycles. The van der Waals surface area contributed by atoms with E-state index >= 15 is 0 Å². The van der Waals surface area contributed by atoms with Gasteiger partial charge in [0.15, 0.2) is 18.2 Å². The maximum atomic E-state index is 12.5. The van der Waals surface area contributed by atoms with Crippen LogP contribution in [0.25, 0.3) is 0 Å². The molecule has 0 saturated carbocycles. The Labute approximate surface area is 179 Å². The SMILES string of the molecule is CC(=O)c1ccc2c(c1)N(Cc1ccc(C(=O)NCCc3ccccc3)o1)C(=O)CO2. The van der Waals surface area contributed by atoms with Crippen molar-refractivity contribution >= 4 is 23.3 Å². The van der Waals surface area contributed by atoms with E-state index in [1.165, 1.54) is 11.8 Å².